The number of halogens is 1. The summed E-state index contributed by atoms with van der Waals surface area (Å²) in [7, 11) is -4.30. The molecule has 0 bridgehead atoms. The Kier molecular flexibility index (Phi) is 10.0. The van der Waals surface area contributed by atoms with Gasteiger partial charge in [0.15, 0.2) is 0 Å². The summed E-state index contributed by atoms with van der Waals surface area (Å²) in [4.78, 5) is 28.0. The average molecular weight is 540 g/mol. The number of rotatable bonds is 12. The Morgan fingerprint density at radius 1 is 0.974 bits per heavy atom. The summed E-state index contributed by atoms with van der Waals surface area (Å²) in [6.07, 6.45) is 1.69. The molecule has 0 spiro atoms. The van der Waals surface area contributed by atoms with Gasteiger partial charge in [-0.25, -0.2) is 12.8 Å². The van der Waals surface area contributed by atoms with Crippen molar-refractivity contribution in [2.45, 2.75) is 51.1 Å². The lowest BCUT2D eigenvalue weighted by Crippen LogP contribution is -2.51. The molecule has 0 fully saturated rings. The van der Waals surface area contributed by atoms with Crippen LogP contribution in [0.25, 0.3) is 0 Å². The van der Waals surface area contributed by atoms with E-state index in [1.165, 1.54) is 35.2 Å². The predicted octanol–water partition coefficient (Wildman–Crippen LogP) is 4.66. The molecule has 0 heterocycles. The molecule has 0 aliphatic rings. The van der Waals surface area contributed by atoms with Crippen LogP contribution in [0, 0.1) is 12.7 Å². The van der Waals surface area contributed by atoms with Crippen LogP contribution in [0.2, 0.25) is 0 Å². The van der Waals surface area contributed by atoms with Gasteiger partial charge in [-0.05, 0) is 50.1 Å². The molecule has 0 radical (unpaired) electrons. The van der Waals surface area contributed by atoms with Gasteiger partial charge in [0.05, 0.1) is 10.6 Å². The molecule has 38 heavy (non-hydrogen) atoms. The second kappa shape index (κ2) is 13.2. The standard InChI is InChI=1S/C29H34FN3O4S/c1-4-5-18-31-29(35)23(3)32(20-24-13-11-12-22(2)19-24)28(34)21-33(27-17-10-9-16-26(27)30)38(36,37)25-14-7-6-8-15-25/h6-17,19,23H,4-5,18,20-21H2,1-3H3,(H,31,35)/t23-/m1/s1. The van der Waals surface area contributed by atoms with Gasteiger partial charge in [-0.15, -0.1) is 0 Å². The third-order valence-electron chi connectivity index (χ3n) is 6.16. The zero-order chi connectivity index (χ0) is 27.7. The smallest absolute Gasteiger partial charge is 0.264 e. The Bertz CT molecular complexity index is 1350. The number of benzene rings is 3. The molecule has 0 aliphatic heterocycles. The van der Waals surface area contributed by atoms with Crippen molar-refractivity contribution in [3.05, 3.63) is 95.8 Å². The van der Waals surface area contributed by atoms with Gasteiger partial charge in [-0.2, -0.15) is 0 Å². The Labute approximate surface area is 224 Å². The number of amides is 2. The highest BCUT2D eigenvalue weighted by Gasteiger charge is 2.33. The number of nitrogens with one attached hydrogen (secondary N) is 1. The van der Waals surface area contributed by atoms with Crippen molar-refractivity contribution < 1.29 is 22.4 Å². The van der Waals surface area contributed by atoms with E-state index in [2.05, 4.69) is 5.32 Å². The van der Waals surface area contributed by atoms with Gasteiger partial charge in [-0.1, -0.05) is 73.5 Å². The minimum absolute atomic E-state index is 0.0772. The van der Waals surface area contributed by atoms with Gasteiger partial charge in [-0.3, -0.25) is 13.9 Å². The first kappa shape index (κ1) is 28.8. The fourth-order valence-electron chi connectivity index (χ4n) is 4.01. The lowest BCUT2D eigenvalue weighted by Gasteiger charge is -2.32. The molecule has 3 aromatic rings. The first-order valence-corrected chi connectivity index (χ1v) is 14.0. The first-order valence-electron chi connectivity index (χ1n) is 12.6. The molecule has 202 valence electrons. The summed E-state index contributed by atoms with van der Waals surface area (Å²) in [5, 5.41) is 2.84. The first-order chi connectivity index (χ1) is 18.1. The highest BCUT2D eigenvalue weighted by atomic mass is 32.2. The summed E-state index contributed by atoms with van der Waals surface area (Å²) < 4.78 is 42.9. The summed E-state index contributed by atoms with van der Waals surface area (Å²) in [5.74, 6) is -1.76. The Balaban J connectivity index is 2.00. The Morgan fingerprint density at radius 2 is 1.66 bits per heavy atom. The molecule has 0 saturated heterocycles. The van der Waals surface area contributed by atoms with E-state index >= 15 is 0 Å². The van der Waals surface area contributed by atoms with Crippen LogP contribution in [0.15, 0.2) is 83.8 Å². The molecule has 3 rings (SSSR count). The molecule has 0 aliphatic carbocycles. The zero-order valence-electron chi connectivity index (χ0n) is 21.9. The third-order valence-corrected chi connectivity index (χ3v) is 7.94. The van der Waals surface area contributed by atoms with Gasteiger partial charge in [0.25, 0.3) is 10.0 Å². The molecular weight excluding hydrogens is 505 g/mol. The van der Waals surface area contributed by atoms with Crippen LogP contribution in [0.1, 0.15) is 37.8 Å². The topological polar surface area (TPSA) is 86.8 Å². The summed E-state index contributed by atoms with van der Waals surface area (Å²) in [6.45, 7) is 5.40. The van der Waals surface area contributed by atoms with Crippen LogP contribution >= 0.6 is 0 Å². The highest BCUT2D eigenvalue weighted by Crippen LogP contribution is 2.27. The van der Waals surface area contributed by atoms with Crippen LogP contribution in [-0.4, -0.2) is 44.3 Å². The largest absolute Gasteiger partial charge is 0.354 e. The van der Waals surface area contributed by atoms with Gasteiger partial charge in [0.1, 0.15) is 18.4 Å². The van der Waals surface area contributed by atoms with Crippen LogP contribution in [0.3, 0.4) is 0 Å². The number of hydrogen-bond donors (Lipinski definition) is 1. The number of unbranched alkanes of at least 4 members (excludes halogenated alkanes) is 1. The van der Waals surface area contributed by atoms with Crippen LogP contribution in [0.5, 0.6) is 0 Å². The molecule has 9 heteroatoms. The number of hydrogen-bond acceptors (Lipinski definition) is 4. The quantitative estimate of drug-likeness (QED) is 0.339. The molecule has 1 atom stereocenters. The maximum atomic E-state index is 14.9. The van der Waals surface area contributed by atoms with Gasteiger partial charge >= 0.3 is 0 Å². The molecule has 3 aromatic carbocycles. The van der Waals surface area contributed by atoms with E-state index < -0.39 is 34.3 Å². The van der Waals surface area contributed by atoms with Crippen molar-refractivity contribution >= 4 is 27.5 Å². The molecule has 7 nitrogen and oxygen atoms in total. The van der Waals surface area contributed by atoms with Crippen LogP contribution in [0.4, 0.5) is 10.1 Å². The molecule has 2 amide bonds. The Hall–Kier alpha value is -3.72. The van der Waals surface area contributed by atoms with E-state index in [9.17, 15) is 22.4 Å². The third kappa shape index (κ3) is 7.19. The van der Waals surface area contributed by atoms with E-state index in [-0.39, 0.29) is 23.0 Å². The second-order valence-corrected chi connectivity index (χ2v) is 11.0. The normalized spacial score (nSPS) is 12.0. The maximum Gasteiger partial charge on any atom is 0.264 e. The number of carbonyl (C=O) groups is 2. The van der Waals surface area contributed by atoms with E-state index in [1.54, 1.807) is 25.1 Å². The summed E-state index contributed by atoms with van der Waals surface area (Å²) in [6, 6.07) is 19.6. The van der Waals surface area contributed by atoms with Crippen molar-refractivity contribution in [3.63, 3.8) is 0 Å². The number of para-hydroxylation sites is 1. The van der Waals surface area contributed by atoms with E-state index in [1.807, 2.05) is 38.1 Å². The van der Waals surface area contributed by atoms with Crippen LogP contribution in [-0.2, 0) is 26.2 Å². The molecule has 0 saturated carbocycles. The van der Waals surface area contributed by atoms with E-state index in [0.29, 0.717) is 6.54 Å². The Morgan fingerprint density at radius 3 is 2.32 bits per heavy atom. The lowest BCUT2D eigenvalue weighted by atomic mass is 10.1. The number of anilines is 1. The van der Waals surface area contributed by atoms with Gasteiger partial charge in [0, 0.05) is 13.1 Å². The molecule has 1 N–H and O–H groups in total. The van der Waals surface area contributed by atoms with E-state index in [0.717, 1.165) is 34.3 Å². The monoisotopic (exact) mass is 539 g/mol. The van der Waals surface area contributed by atoms with Crippen molar-refractivity contribution in [3.8, 4) is 0 Å². The zero-order valence-corrected chi connectivity index (χ0v) is 22.7. The van der Waals surface area contributed by atoms with Crippen molar-refractivity contribution in [2.24, 2.45) is 0 Å². The predicted molar refractivity (Wildman–Crippen MR) is 146 cm³/mol. The SMILES string of the molecule is CCCCNC(=O)[C@@H](C)N(Cc1cccc(C)c1)C(=O)CN(c1ccccc1F)S(=O)(=O)c1ccccc1. The minimum Gasteiger partial charge on any atom is -0.354 e. The van der Waals surface area contributed by atoms with Gasteiger partial charge in [0.2, 0.25) is 11.8 Å². The fraction of sp³-hybridized carbons (Fsp3) is 0.310. The van der Waals surface area contributed by atoms with Crippen molar-refractivity contribution in [1.82, 2.24) is 10.2 Å². The van der Waals surface area contributed by atoms with Crippen molar-refractivity contribution in [2.75, 3.05) is 17.4 Å². The highest BCUT2D eigenvalue weighted by molar-refractivity contribution is 7.92. The van der Waals surface area contributed by atoms with E-state index in [4.69, 9.17) is 0 Å². The molecule has 0 aromatic heterocycles. The molecular formula is C29H34FN3O4S. The summed E-state index contributed by atoms with van der Waals surface area (Å²) in [5.41, 5.74) is 1.52. The van der Waals surface area contributed by atoms with Gasteiger partial charge < -0.3 is 10.2 Å². The fourth-order valence-corrected chi connectivity index (χ4v) is 5.46. The van der Waals surface area contributed by atoms with Crippen molar-refractivity contribution in [1.29, 1.82) is 0 Å². The number of aryl methyl sites for hydroxylation is 1. The average Bonchev–Trinajstić information content (AvgIpc) is 2.91. The lowest BCUT2D eigenvalue weighted by molar-refractivity contribution is -0.139. The molecule has 0 unspecified atom stereocenters. The summed E-state index contributed by atoms with van der Waals surface area (Å²) >= 11 is 0. The second-order valence-electron chi connectivity index (χ2n) is 9.11. The number of nitrogens with zero attached hydrogens (tertiary/aromatic N) is 2. The van der Waals surface area contributed by atoms with Crippen LogP contribution < -0.4 is 9.62 Å². The number of sulfonamides is 1. The maximum absolute atomic E-state index is 14.9. The minimum atomic E-state index is -4.30. The number of carbonyl (C=O) groups excluding carboxylic acids is 2.